The molecule has 0 spiro atoms. The minimum Gasteiger partial charge on any atom is -0.493 e. The number of hydrogen-bond donors (Lipinski definition) is 0. The molecule has 1 aromatic carbocycles. The average Bonchev–Trinajstić information content (AvgIpc) is 2.41. The van der Waals surface area contributed by atoms with Crippen molar-refractivity contribution in [1.29, 1.82) is 0 Å². The molecule has 114 valence electrons. The SMILES string of the molecule is CCCCOc1ccc(OCCCC)c(C(F)F)c1F. The van der Waals surface area contributed by atoms with Crippen LogP contribution in [0, 0.1) is 5.82 Å². The van der Waals surface area contributed by atoms with E-state index in [-0.39, 0.29) is 11.5 Å². The average molecular weight is 290 g/mol. The Morgan fingerprint density at radius 3 is 1.95 bits per heavy atom. The van der Waals surface area contributed by atoms with E-state index in [1.165, 1.54) is 12.1 Å². The van der Waals surface area contributed by atoms with E-state index < -0.39 is 17.8 Å². The maximum Gasteiger partial charge on any atom is 0.270 e. The molecule has 0 fully saturated rings. The first-order valence-electron chi connectivity index (χ1n) is 6.97. The third-order valence-electron chi connectivity index (χ3n) is 2.83. The summed E-state index contributed by atoms with van der Waals surface area (Å²) in [5.41, 5.74) is -0.713. The molecule has 1 rings (SSSR count). The summed E-state index contributed by atoms with van der Waals surface area (Å²) >= 11 is 0. The number of hydrogen-bond acceptors (Lipinski definition) is 2. The molecule has 0 unspecified atom stereocenters. The number of alkyl halides is 2. The predicted molar refractivity (Wildman–Crippen MR) is 72.2 cm³/mol. The Balaban J connectivity index is 2.88. The van der Waals surface area contributed by atoms with Gasteiger partial charge < -0.3 is 9.47 Å². The summed E-state index contributed by atoms with van der Waals surface area (Å²) in [6.07, 6.45) is 0.324. The van der Waals surface area contributed by atoms with Gasteiger partial charge in [0.1, 0.15) is 5.75 Å². The van der Waals surface area contributed by atoms with Crippen molar-refractivity contribution in [2.75, 3.05) is 13.2 Å². The fourth-order valence-corrected chi connectivity index (χ4v) is 1.65. The van der Waals surface area contributed by atoms with Gasteiger partial charge in [0.05, 0.1) is 18.8 Å². The maximum absolute atomic E-state index is 14.0. The number of rotatable bonds is 9. The highest BCUT2D eigenvalue weighted by Crippen LogP contribution is 2.36. The molecule has 0 N–H and O–H groups in total. The van der Waals surface area contributed by atoms with Gasteiger partial charge in [-0.1, -0.05) is 26.7 Å². The molecule has 1 aromatic rings. The van der Waals surface area contributed by atoms with Gasteiger partial charge in [-0.3, -0.25) is 0 Å². The third-order valence-corrected chi connectivity index (χ3v) is 2.83. The third kappa shape index (κ3) is 4.62. The van der Waals surface area contributed by atoms with Crippen LogP contribution in [0.25, 0.3) is 0 Å². The highest BCUT2D eigenvalue weighted by molar-refractivity contribution is 5.42. The molecule has 20 heavy (non-hydrogen) atoms. The Hall–Kier alpha value is -1.39. The van der Waals surface area contributed by atoms with Crippen molar-refractivity contribution >= 4 is 0 Å². The van der Waals surface area contributed by atoms with E-state index in [0.717, 1.165) is 25.7 Å². The van der Waals surface area contributed by atoms with Crippen LogP contribution in [0.5, 0.6) is 11.5 Å². The van der Waals surface area contributed by atoms with Crippen molar-refractivity contribution in [2.24, 2.45) is 0 Å². The quantitative estimate of drug-likeness (QED) is 0.588. The summed E-state index contributed by atoms with van der Waals surface area (Å²) in [6, 6.07) is 2.69. The van der Waals surface area contributed by atoms with Crippen LogP contribution in [-0.4, -0.2) is 13.2 Å². The van der Waals surface area contributed by atoms with Crippen molar-refractivity contribution in [1.82, 2.24) is 0 Å². The molecule has 2 nitrogen and oxygen atoms in total. The minimum absolute atomic E-state index is 0.103. The first kappa shape index (κ1) is 16.7. The molecule has 0 aliphatic rings. The first-order valence-corrected chi connectivity index (χ1v) is 6.97. The zero-order valence-corrected chi connectivity index (χ0v) is 11.9. The van der Waals surface area contributed by atoms with Crippen LogP contribution >= 0.6 is 0 Å². The number of unbranched alkanes of at least 4 members (excludes halogenated alkanes) is 2. The molecule has 0 aliphatic carbocycles. The largest absolute Gasteiger partial charge is 0.493 e. The van der Waals surface area contributed by atoms with Gasteiger partial charge in [-0.2, -0.15) is 0 Å². The lowest BCUT2D eigenvalue weighted by Gasteiger charge is -2.14. The zero-order valence-electron chi connectivity index (χ0n) is 11.9. The molecule has 0 aromatic heterocycles. The highest BCUT2D eigenvalue weighted by atomic mass is 19.3. The molecule has 0 heterocycles. The van der Waals surface area contributed by atoms with Crippen LogP contribution in [0.2, 0.25) is 0 Å². The summed E-state index contributed by atoms with van der Waals surface area (Å²) in [4.78, 5) is 0. The molecule has 0 radical (unpaired) electrons. The number of ether oxygens (including phenoxy) is 2. The Labute approximate surface area is 117 Å². The smallest absolute Gasteiger partial charge is 0.270 e. The summed E-state index contributed by atoms with van der Waals surface area (Å²) in [5, 5.41) is 0. The normalized spacial score (nSPS) is 10.9. The molecule has 0 atom stereocenters. The summed E-state index contributed by atoms with van der Waals surface area (Å²) in [7, 11) is 0. The minimum atomic E-state index is -2.93. The molecular formula is C15H21F3O2. The number of halogens is 3. The fourth-order valence-electron chi connectivity index (χ4n) is 1.65. The Kier molecular flexibility index (Phi) is 7.26. The van der Waals surface area contributed by atoms with Crippen LogP contribution in [-0.2, 0) is 0 Å². The Morgan fingerprint density at radius 2 is 1.45 bits per heavy atom. The zero-order chi connectivity index (χ0) is 15.0. The fraction of sp³-hybridized carbons (Fsp3) is 0.600. The van der Waals surface area contributed by atoms with E-state index in [1.54, 1.807) is 0 Å². The molecule has 0 saturated heterocycles. The Morgan fingerprint density at radius 1 is 0.950 bits per heavy atom. The van der Waals surface area contributed by atoms with Gasteiger partial charge in [-0.25, -0.2) is 13.2 Å². The van der Waals surface area contributed by atoms with E-state index in [0.29, 0.717) is 13.2 Å². The van der Waals surface area contributed by atoms with E-state index in [1.807, 2.05) is 13.8 Å². The maximum atomic E-state index is 14.0. The molecule has 0 bridgehead atoms. The lowest BCUT2D eigenvalue weighted by atomic mass is 10.1. The second-order valence-electron chi connectivity index (χ2n) is 4.49. The monoisotopic (exact) mass is 290 g/mol. The van der Waals surface area contributed by atoms with Gasteiger partial charge in [0.15, 0.2) is 11.6 Å². The number of benzene rings is 1. The molecule has 0 saturated carbocycles. The molecule has 0 aliphatic heterocycles. The van der Waals surface area contributed by atoms with E-state index >= 15 is 0 Å². The van der Waals surface area contributed by atoms with Gasteiger partial charge in [0.25, 0.3) is 6.43 Å². The summed E-state index contributed by atoms with van der Waals surface area (Å²) in [6.45, 7) is 4.54. The van der Waals surface area contributed by atoms with E-state index in [4.69, 9.17) is 9.47 Å². The predicted octanol–water partition coefficient (Wildman–Crippen LogP) is 5.12. The second kappa shape index (κ2) is 8.72. The van der Waals surface area contributed by atoms with E-state index in [9.17, 15) is 13.2 Å². The van der Waals surface area contributed by atoms with E-state index in [2.05, 4.69) is 0 Å². The first-order chi connectivity index (χ1) is 9.61. The van der Waals surface area contributed by atoms with Crippen LogP contribution in [0.15, 0.2) is 12.1 Å². The van der Waals surface area contributed by atoms with Crippen molar-refractivity contribution in [2.45, 2.75) is 46.0 Å². The van der Waals surface area contributed by atoms with Crippen LogP contribution in [0.3, 0.4) is 0 Å². The highest BCUT2D eigenvalue weighted by Gasteiger charge is 2.23. The van der Waals surface area contributed by atoms with Crippen molar-refractivity contribution < 1.29 is 22.6 Å². The molecular weight excluding hydrogens is 269 g/mol. The van der Waals surface area contributed by atoms with Crippen LogP contribution < -0.4 is 9.47 Å². The van der Waals surface area contributed by atoms with Crippen molar-refractivity contribution in [3.05, 3.63) is 23.5 Å². The lowest BCUT2D eigenvalue weighted by molar-refractivity contribution is 0.138. The van der Waals surface area contributed by atoms with Gasteiger partial charge in [-0.15, -0.1) is 0 Å². The van der Waals surface area contributed by atoms with Gasteiger partial charge in [-0.05, 0) is 25.0 Å². The van der Waals surface area contributed by atoms with Crippen LogP contribution in [0.1, 0.15) is 51.5 Å². The standard InChI is InChI=1S/C15H21F3O2/c1-3-5-9-19-11-7-8-12(20-10-6-4-2)14(16)13(11)15(17)18/h7-8,15H,3-6,9-10H2,1-2H3. The second-order valence-corrected chi connectivity index (χ2v) is 4.49. The molecule has 5 heteroatoms. The van der Waals surface area contributed by atoms with Gasteiger partial charge in [0.2, 0.25) is 0 Å². The Bertz CT molecular complexity index is 408. The van der Waals surface area contributed by atoms with Crippen LogP contribution in [0.4, 0.5) is 13.2 Å². The topological polar surface area (TPSA) is 18.5 Å². The van der Waals surface area contributed by atoms with Crippen molar-refractivity contribution in [3.63, 3.8) is 0 Å². The van der Waals surface area contributed by atoms with Gasteiger partial charge >= 0.3 is 0 Å². The summed E-state index contributed by atoms with van der Waals surface area (Å²) in [5.74, 6) is -1.27. The van der Waals surface area contributed by atoms with Gasteiger partial charge in [0, 0.05) is 0 Å². The lowest BCUT2D eigenvalue weighted by Crippen LogP contribution is -2.05. The van der Waals surface area contributed by atoms with Crippen molar-refractivity contribution in [3.8, 4) is 11.5 Å². The summed E-state index contributed by atoms with van der Waals surface area (Å²) < 4.78 is 50.4. The molecule has 0 amide bonds.